The zero-order valence-electron chi connectivity index (χ0n) is 21.7. The summed E-state index contributed by atoms with van der Waals surface area (Å²) >= 11 is 0. The quantitative estimate of drug-likeness (QED) is 0.341. The molecule has 37 heavy (non-hydrogen) atoms. The molecule has 1 N–H and O–H groups in total. The van der Waals surface area contributed by atoms with Gasteiger partial charge >= 0.3 is 0 Å². The molecular weight excluding hydrogens is 468 g/mol. The molecule has 0 spiro atoms. The van der Waals surface area contributed by atoms with Crippen LogP contribution in [0.1, 0.15) is 53.5 Å². The Morgan fingerprint density at radius 1 is 0.973 bits per heavy atom. The number of aromatic nitrogens is 1. The van der Waals surface area contributed by atoms with Crippen LogP contribution >= 0.6 is 0 Å². The summed E-state index contributed by atoms with van der Waals surface area (Å²) in [6.45, 7) is 7.78. The van der Waals surface area contributed by atoms with Gasteiger partial charge in [0.2, 0.25) is 0 Å². The SMILES string of the molecule is CCOc1cc(/C=N/NC(=O)c2cc(C)n(-c3ccccc3)c2C)ccc1OCC(=O)N1CCCCC1. The van der Waals surface area contributed by atoms with Gasteiger partial charge in [-0.15, -0.1) is 0 Å². The highest BCUT2D eigenvalue weighted by Crippen LogP contribution is 2.28. The number of rotatable bonds is 9. The highest BCUT2D eigenvalue weighted by atomic mass is 16.5. The minimum atomic E-state index is -0.284. The third kappa shape index (κ3) is 6.39. The number of piperidine rings is 1. The molecule has 1 aliphatic heterocycles. The largest absolute Gasteiger partial charge is 0.490 e. The molecule has 0 bridgehead atoms. The van der Waals surface area contributed by atoms with Crippen LogP contribution in [0.4, 0.5) is 0 Å². The van der Waals surface area contributed by atoms with Gasteiger partial charge in [0.05, 0.1) is 18.4 Å². The van der Waals surface area contributed by atoms with Crippen molar-refractivity contribution in [3.05, 3.63) is 77.1 Å². The van der Waals surface area contributed by atoms with Crippen molar-refractivity contribution in [2.45, 2.75) is 40.0 Å². The Hall–Kier alpha value is -4.07. The average molecular weight is 503 g/mol. The molecule has 0 unspecified atom stereocenters. The Labute approximate surface area is 217 Å². The molecule has 2 heterocycles. The lowest BCUT2D eigenvalue weighted by Gasteiger charge is -2.26. The lowest BCUT2D eigenvalue weighted by Crippen LogP contribution is -2.38. The summed E-state index contributed by atoms with van der Waals surface area (Å²) in [4.78, 5) is 27.1. The number of benzene rings is 2. The van der Waals surface area contributed by atoms with Crippen LogP contribution in [0.2, 0.25) is 0 Å². The van der Waals surface area contributed by atoms with Crippen LogP contribution in [-0.4, -0.2) is 53.8 Å². The molecule has 8 nitrogen and oxygen atoms in total. The molecule has 0 atom stereocenters. The van der Waals surface area contributed by atoms with E-state index in [1.165, 1.54) is 6.42 Å². The van der Waals surface area contributed by atoms with Gasteiger partial charge in [-0.25, -0.2) is 5.43 Å². The summed E-state index contributed by atoms with van der Waals surface area (Å²) in [6, 6.07) is 17.1. The van der Waals surface area contributed by atoms with E-state index in [0.717, 1.165) is 48.6 Å². The lowest BCUT2D eigenvalue weighted by atomic mass is 10.1. The number of ether oxygens (including phenoxy) is 2. The molecule has 1 fully saturated rings. The fourth-order valence-electron chi connectivity index (χ4n) is 4.56. The Balaban J connectivity index is 1.40. The summed E-state index contributed by atoms with van der Waals surface area (Å²) in [5.74, 6) is 0.729. The van der Waals surface area contributed by atoms with E-state index >= 15 is 0 Å². The highest BCUT2D eigenvalue weighted by molar-refractivity contribution is 5.96. The molecule has 0 saturated carbocycles. The van der Waals surface area contributed by atoms with Crippen molar-refractivity contribution in [2.75, 3.05) is 26.3 Å². The van der Waals surface area contributed by atoms with E-state index in [9.17, 15) is 9.59 Å². The molecule has 2 amide bonds. The first-order valence-corrected chi connectivity index (χ1v) is 12.7. The monoisotopic (exact) mass is 502 g/mol. The fourth-order valence-corrected chi connectivity index (χ4v) is 4.56. The Kier molecular flexibility index (Phi) is 8.61. The number of amides is 2. The van der Waals surface area contributed by atoms with Gasteiger partial charge in [-0.2, -0.15) is 5.10 Å². The van der Waals surface area contributed by atoms with Crippen LogP contribution in [-0.2, 0) is 4.79 Å². The van der Waals surface area contributed by atoms with E-state index in [2.05, 4.69) is 10.5 Å². The van der Waals surface area contributed by atoms with Gasteiger partial charge in [0.15, 0.2) is 18.1 Å². The summed E-state index contributed by atoms with van der Waals surface area (Å²) in [5, 5.41) is 4.15. The van der Waals surface area contributed by atoms with Crippen LogP contribution in [0, 0.1) is 13.8 Å². The zero-order valence-corrected chi connectivity index (χ0v) is 21.7. The predicted molar refractivity (Wildman–Crippen MR) is 144 cm³/mol. The van der Waals surface area contributed by atoms with E-state index in [-0.39, 0.29) is 18.4 Å². The minimum Gasteiger partial charge on any atom is -0.490 e. The van der Waals surface area contributed by atoms with Crippen LogP contribution in [0.15, 0.2) is 59.7 Å². The van der Waals surface area contributed by atoms with Crippen molar-refractivity contribution >= 4 is 18.0 Å². The molecule has 1 aromatic heterocycles. The van der Waals surface area contributed by atoms with Gasteiger partial charge in [-0.05, 0) is 82.0 Å². The maximum absolute atomic E-state index is 12.8. The third-order valence-electron chi connectivity index (χ3n) is 6.40. The second-order valence-electron chi connectivity index (χ2n) is 9.02. The smallest absolute Gasteiger partial charge is 0.273 e. The number of hydrazone groups is 1. The summed E-state index contributed by atoms with van der Waals surface area (Å²) in [5.41, 5.74) is 6.73. The molecule has 4 rings (SSSR count). The highest BCUT2D eigenvalue weighted by Gasteiger charge is 2.18. The molecule has 0 radical (unpaired) electrons. The number of hydrogen-bond donors (Lipinski definition) is 1. The molecule has 0 aliphatic carbocycles. The van der Waals surface area contributed by atoms with Gasteiger partial charge in [-0.3, -0.25) is 9.59 Å². The van der Waals surface area contributed by atoms with Crippen molar-refractivity contribution in [1.82, 2.24) is 14.9 Å². The van der Waals surface area contributed by atoms with Gasteiger partial charge in [0, 0.05) is 30.2 Å². The van der Waals surface area contributed by atoms with E-state index in [1.54, 1.807) is 24.4 Å². The topological polar surface area (TPSA) is 85.2 Å². The maximum Gasteiger partial charge on any atom is 0.273 e. The van der Waals surface area contributed by atoms with Crippen molar-refractivity contribution < 1.29 is 19.1 Å². The lowest BCUT2D eigenvalue weighted by molar-refractivity contribution is -0.134. The molecule has 1 saturated heterocycles. The van der Waals surface area contributed by atoms with Gasteiger partial charge in [-0.1, -0.05) is 18.2 Å². The Morgan fingerprint density at radius 3 is 2.46 bits per heavy atom. The number of nitrogens with zero attached hydrogens (tertiary/aromatic N) is 3. The molecule has 3 aromatic rings. The number of para-hydroxylation sites is 1. The van der Waals surface area contributed by atoms with Crippen LogP contribution in [0.3, 0.4) is 0 Å². The minimum absolute atomic E-state index is 0.0119. The normalized spacial score (nSPS) is 13.5. The van der Waals surface area contributed by atoms with E-state index in [1.807, 2.05) is 66.6 Å². The second-order valence-corrected chi connectivity index (χ2v) is 9.02. The number of nitrogens with one attached hydrogen (secondary N) is 1. The summed E-state index contributed by atoms with van der Waals surface area (Å²) in [6.07, 6.45) is 4.80. The van der Waals surface area contributed by atoms with Crippen LogP contribution in [0.5, 0.6) is 11.5 Å². The fraction of sp³-hybridized carbons (Fsp3) is 0.345. The zero-order chi connectivity index (χ0) is 26.2. The van der Waals surface area contributed by atoms with Crippen molar-refractivity contribution in [1.29, 1.82) is 0 Å². The first-order valence-electron chi connectivity index (χ1n) is 12.7. The second kappa shape index (κ2) is 12.3. The van der Waals surface area contributed by atoms with Gasteiger partial charge < -0.3 is 18.9 Å². The number of aryl methyl sites for hydroxylation is 1. The Morgan fingerprint density at radius 2 is 1.73 bits per heavy atom. The number of hydrogen-bond acceptors (Lipinski definition) is 5. The van der Waals surface area contributed by atoms with Gasteiger partial charge in [0.25, 0.3) is 11.8 Å². The van der Waals surface area contributed by atoms with Crippen LogP contribution < -0.4 is 14.9 Å². The molecule has 194 valence electrons. The van der Waals surface area contributed by atoms with E-state index in [0.29, 0.717) is 23.7 Å². The van der Waals surface area contributed by atoms with Gasteiger partial charge in [0.1, 0.15) is 0 Å². The molecular formula is C29H34N4O4. The summed E-state index contributed by atoms with van der Waals surface area (Å²) in [7, 11) is 0. The van der Waals surface area contributed by atoms with Crippen molar-refractivity contribution in [3.8, 4) is 17.2 Å². The number of carbonyl (C=O) groups excluding carboxylic acids is 2. The first-order chi connectivity index (χ1) is 18.0. The number of likely N-dealkylation sites (tertiary alicyclic amines) is 1. The van der Waals surface area contributed by atoms with Crippen molar-refractivity contribution in [3.63, 3.8) is 0 Å². The first kappa shape index (κ1) is 26.0. The third-order valence-corrected chi connectivity index (χ3v) is 6.40. The van der Waals surface area contributed by atoms with E-state index in [4.69, 9.17) is 9.47 Å². The molecule has 2 aromatic carbocycles. The van der Waals surface area contributed by atoms with Crippen molar-refractivity contribution in [2.24, 2.45) is 5.10 Å². The molecule has 1 aliphatic rings. The Bertz CT molecular complexity index is 1260. The van der Waals surface area contributed by atoms with E-state index < -0.39 is 0 Å². The average Bonchev–Trinajstić information content (AvgIpc) is 3.22. The van der Waals surface area contributed by atoms with Crippen LogP contribution in [0.25, 0.3) is 5.69 Å². The standard InChI is InChI=1S/C29H34N4O4/c1-4-36-27-18-23(13-14-26(27)37-20-28(34)32-15-9-6-10-16-32)19-30-31-29(35)25-17-21(2)33(22(25)3)24-11-7-5-8-12-24/h5,7-8,11-14,17-19H,4,6,9-10,15-16,20H2,1-3H3,(H,31,35)/b30-19+. The number of carbonyl (C=O) groups is 2. The predicted octanol–water partition coefficient (Wildman–Crippen LogP) is 4.65. The molecule has 8 heteroatoms. The maximum atomic E-state index is 12.8. The summed E-state index contributed by atoms with van der Waals surface area (Å²) < 4.78 is 13.6.